The van der Waals surface area contributed by atoms with Gasteiger partial charge in [0, 0.05) is 18.3 Å². The molecule has 21 heavy (non-hydrogen) atoms. The van der Waals surface area contributed by atoms with E-state index in [1.807, 2.05) is 62.4 Å². The third-order valence-corrected chi connectivity index (χ3v) is 3.27. The van der Waals surface area contributed by atoms with Crippen LogP contribution < -0.4 is 16.4 Å². The fourth-order valence-electron chi connectivity index (χ4n) is 1.93. The molecule has 0 heterocycles. The number of hydrogen-bond acceptors (Lipinski definition) is 2. The molecule has 1 unspecified atom stereocenters. The van der Waals surface area contributed by atoms with Gasteiger partial charge in [0.2, 0.25) is 0 Å². The number of amides is 2. The third kappa shape index (κ3) is 4.61. The van der Waals surface area contributed by atoms with Crippen molar-refractivity contribution in [2.75, 3.05) is 5.32 Å². The molecule has 0 aliphatic heterocycles. The van der Waals surface area contributed by atoms with Gasteiger partial charge in [0.05, 0.1) is 0 Å². The number of benzene rings is 2. The lowest BCUT2D eigenvalue weighted by atomic mass is 10.1. The number of carbonyl (C=O) groups is 1. The summed E-state index contributed by atoms with van der Waals surface area (Å²) < 4.78 is 0. The molecule has 0 spiro atoms. The second-order valence-electron chi connectivity index (χ2n) is 5.20. The Morgan fingerprint density at radius 1 is 1.10 bits per heavy atom. The van der Waals surface area contributed by atoms with Crippen LogP contribution in [0.2, 0.25) is 0 Å². The van der Waals surface area contributed by atoms with Crippen LogP contribution in [0.15, 0.2) is 48.5 Å². The third-order valence-electron chi connectivity index (χ3n) is 3.27. The predicted octanol–water partition coefficient (Wildman–Crippen LogP) is 3.34. The smallest absolute Gasteiger partial charge is 0.319 e. The first-order chi connectivity index (χ1) is 10.0. The van der Waals surface area contributed by atoms with E-state index in [2.05, 4.69) is 10.6 Å². The predicted molar refractivity (Wildman–Crippen MR) is 86.1 cm³/mol. The summed E-state index contributed by atoms with van der Waals surface area (Å²) in [5, 5.41) is 5.63. The van der Waals surface area contributed by atoms with Crippen LogP contribution in [0.5, 0.6) is 0 Å². The fourth-order valence-corrected chi connectivity index (χ4v) is 1.93. The van der Waals surface area contributed by atoms with Gasteiger partial charge in [-0.3, -0.25) is 0 Å². The number of anilines is 1. The molecule has 0 saturated carbocycles. The maximum Gasteiger partial charge on any atom is 0.319 e. The topological polar surface area (TPSA) is 67.2 Å². The van der Waals surface area contributed by atoms with Gasteiger partial charge in [-0.2, -0.15) is 0 Å². The molecule has 2 amide bonds. The number of hydrogen-bond donors (Lipinski definition) is 3. The monoisotopic (exact) mass is 283 g/mol. The highest BCUT2D eigenvalue weighted by atomic mass is 16.2. The van der Waals surface area contributed by atoms with E-state index in [1.54, 1.807) is 0 Å². The summed E-state index contributed by atoms with van der Waals surface area (Å²) in [4.78, 5) is 11.8. The Morgan fingerprint density at radius 2 is 1.71 bits per heavy atom. The van der Waals surface area contributed by atoms with Crippen LogP contribution in [0.3, 0.4) is 0 Å². The van der Waals surface area contributed by atoms with E-state index in [0.29, 0.717) is 6.54 Å². The second kappa shape index (κ2) is 6.90. The fraction of sp³-hybridized carbons (Fsp3) is 0.235. The molecule has 4 heteroatoms. The van der Waals surface area contributed by atoms with E-state index in [9.17, 15) is 4.79 Å². The number of nitrogens with one attached hydrogen (secondary N) is 2. The maximum absolute atomic E-state index is 11.8. The highest BCUT2D eigenvalue weighted by Crippen LogP contribution is 2.14. The molecule has 1 atom stereocenters. The minimum Gasteiger partial charge on any atom is -0.334 e. The number of aryl methyl sites for hydroxylation is 1. The van der Waals surface area contributed by atoms with Gasteiger partial charge in [-0.15, -0.1) is 0 Å². The van der Waals surface area contributed by atoms with Crippen molar-refractivity contribution in [2.45, 2.75) is 26.4 Å². The van der Waals surface area contributed by atoms with Crippen LogP contribution in [0, 0.1) is 6.92 Å². The summed E-state index contributed by atoms with van der Waals surface area (Å²) in [5.41, 5.74) is 9.86. The van der Waals surface area contributed by atoms with Crippen molar-refractivity contribution in [1.82, 2.24) is 5.32 Å². The Hall–Kier alpha value is -2.33. The van der Waals surface area contributed by atoms with Gasteiger partial charge >= 0.3 is 6.03 Å². The molecule has 0 aliphatic carbocycles. The van der Waals surface area contributed by atoms with Crippen LogP contribution in [0.4, 0.5) is 10.5 Å². The van der Waals surface area contributed by atoms with Crippen LogP contribution in [0.25, 0.3) is 0 Å². The van der Waals surface area contributed by atoms with Crippen molar-refractivity contribution < 1.29 is 4.79 Å². The first kappa shape index (κ1) is 15.1. The van der Waals surface area contributed by atoms with Crippen molar-refractivity contribution >= 4 is 11.7 Å². The zero-order valence-electron chi connectivity index (χ0n) is 12.4. The van der Waals surface area contributed by atoms with E-state index < -0.39 is 0 Å². The largest absolute Gasteiger partial charge is 0.334 e. The first-order valence-electron chi connectivity index (χ1n) is 7.00. The molecule has 4 nitrogen and oxygen atoms in total. The van der Waals surface area contributed by atoms with Crippen molar-refractivity contribution in [3.8, 4) is 0 Å². The van der Waals surface area contributed by atoms with E-state index in [1.165, 1.54) is 5.56 Å². The van der Waals surface area contributed by atoms with E-state index >= 15 is 0 Å². The van der Waals surface area contributed by atoms with Gasteiger partial charge in [-0.05, 0) is 37.1 Å². The minimum atomic E-state index is -0.218. The summed E-state index contributed by atoms with van der Waals surface area (Å²) in [6.45, 7) is 4.47. The van der Waals surface area contributed by atoms with Crippen molar-refractivity contribution in [3.63, 3.8) is 0 Å². The molecule has 0 aliphatic rings. The Balaban J connectivity index is 1.85. The van der Waals surface area contributed by atoms with E-state index in [4.69, 9.17) is 5.73 Å². The molecule has 0 bridgehead atoms. The highest BCUT2D eigenvalue weighted by Gasteiger charge is 2.03. The molecular formula is C17H21N3O. The molecule has 2 aromatic rings. The summed E-state index contributed by atoms with van der Waals surface area (Å²) in [6.07, 6.45) is 0. The Morgan fingerprint density at radius 3 is 2.29 bits per heavy atom. The van der Waals surface area contributed by atoms with Crippen molar-refractivity contribution in [3.05, 3.63) is 65.2 Å². The van der Waals surface area contributed by atoms with Gasteiger partial charge in [0.25, 0.3) is 0 Å². The molecule has 0 aromatic heterocycles. The standard InChI is InChI=1S/C17H21N3O/c1-12-3-5-14(6-4-12)11-19-17(21)20-16-9-7-15(8-10-16)13(2)18/h3-10,13H,11,18H2,1-2H3,(H2,19,20,21). The van der Waals surface area contributed by atoms with E-state index in [0.717, 1.165) is 16.8 Å². The molecule has 2 rings (SSSR count). The van der Waals surface area contributed by atoms with Crippen LogP contribution in [-0.4, -0.2) is 6.03 Å². The van der Waals surface area contributed by atoms with Crippen molar-refractivity contribution in [2.24, 2.45) is 5.73 Å². The summed E-state index contributed by atoms with van der Waals surface area (Å²) in [7, 11) is 0. The molecule has 110 valence electrons. The summed E-state index contributed by atoms with van der Waals surface area (Å²) in [6, 6.07) is 15.4. The minimum absolute atomic E-state index is 0.00517. The second-order valence-corrected chi connectivity index (χ2v) is 5.20. The van der Waals surface area contributed by atoms with Crippen LogP contribution in [-0.2, 0) is 6.54 Å². The van der Waals surface area contributed by atoms with Gasteiger partial charge in [0.15, 0.2) is 0 Å². The van der Waals surface area contributed by atoms with Gasteiger partial charge in [-0.1, -0.05) is 42.0 Å². The quantitative estimate of drug-likeness (QED) is 0.805. The molecular weight excluding hydrogens is 262 g/mol. The Kier molecular flexibility index (Phi) is 4.95. The SMILES string of the molecule is Cc1ccc(CNC(=O)Nc2ccc(C(C)N)cc2)cc1. The zero-order valence-corrected chi connectivity index (χ0v) is 12.4. The zero-order chi connectivity index (χ0) is 15.2. The van der Waals surface area contributed by atoms with Crippen LogP contribution in [0.1, 0.15) is 29.7 Å². The first-order valence-corrected chi connectivity index (χ1v) is 7.00. The lowest BCUT2D eigenvalue weighted by molar-refractivity contribution is 0.251. The highest BCUT2D eigenvalue weighted by molar-refractivity contribution is 5.89. The Bertz CT molecular complexity index is 588. The lowest BCUT2D eigenvalue weighted by Crippen LogP contribution is -2.28. The summed E-state index contributed by atoms with van der Waals surface area (Å²) >= 11 is 0. The van der Waals surface area contributed by atoms with E-state index in [-0.39, 0.29) is 12.1 Å². The Labute approximate surface area is 125 Å². The van der Waals surface area contributed by atoms with Gasteiger partial charge in [0.1, 0.15) is 0 Å². The van der Waals surface area contributed by atoms with Gasteiger partial charge < -0.3 is 16.4 Å². The molecule has 0 saturated heterocycles. The maximum atomic E-state index is 11.8. The lowest BCUT2D eigenvalue weighted by Gasteiger charge is -2.10. The molecule has 0 radical (unpaired) electrons. The number of urea groups is 1. The molecule has 4 N–H and O–H groups in total. The normalized spacial score (nSPS) is 11.8. The molecule has 2 aromatic carbocycles. The van der Waals surface area contributed by atoms with Crippen LogP contribution >= 0.6 is 0 Å². The number of nitrogens with two attached hydrogens (primary N) is 1. The average Bonchev–Trinajstić information content (AvgIpc) is 2.47. The van der Waals surface area contributed by atoms with Crippen molar-refractivity contribution in [1.29, 1.82) is 0 Å². The van der Waals surface area contributed by atoms with Gasteiger partial charge in [-0.25, -0.2) is 4.79 Å². The average molecular weight is 283 g/mol. The summed E-state index contributed by atoms with van der Waals surface area (Å²) in [5.74, 6) is 0. The number of rotatable bonds is 4. The number of carbonyl (C=O) groups excluding carboxylic acids is 1. The molecule has 0 fully saturated rings.